The first-order chi connectivity index (χ1) is 10.4. The van der Waals surface area contributed by atoms with E-state index in [-0.39, 0.29) is 12.1 Å². The highest BCUT2D eigenvalue weighted by Crippen LogP contribution is 2.34. The Morgan fingerprint density at radius 2 is 2.05 bits per heavy atom. The predicted molar refractivity (Wildman–Crippen MR) is 85.1 cm³/mol. The number of hydrogen-bond donors (Lipinski definition) is 0. The summed E-state index contributed by atoms with van der Waals surface area (Å²) in [5.41, 5.74) is 1.63. The number of allylic oxidation sites excluding steroid dienone is 1. The second kappa shape index (κ2) is 6.65. The standard InChI is InChI=1S/C18H22N2O2/c1-18(2,3)22-17(21)20-12-10-14(9-11-19)13-16(20)15-7-5-4-6-8-15/h4-9,16H,10,12-13H2,1-3H3/b14-9+. The minimum atomic E-state index is -0.513. The van der Waals surface area contributed by atoms with E-state index in [1.54, 1.807) is 11.0 Å². The largest absolute Gasteiger partial charge is 0.444 e. The van der Waals surface area contributed by atoms with E-state index < -0.39 is 5.60 Å². The fraction of sp³-hybridized carbons (Fsp3) is 0.444. The fourth-order valence-corrected chi connectivity index (χ4v) is 2.61. The van der Waals surface area contributed by atoms with Crippen molar-refractivity contribution in [3.05, 3.63) is 47.5 Å². The quantitative estimate of drug-likeness (QED) is 0.730. The van der Waals surface area contributed by atoms with Crippen LogP contribution in [0.1, 0.15) is 45.2 Å². The first-order valence-electron chi connectivity index (χ1n) is 7.53. The topological polar surface area (TPSA) is 53.3 Å². The molecule has 1 aromatic rings. The van der Waals surface area contributed by atoms with E-state index in [1.165, 1.54) is 0 Å². The molecule has 0 bridgehead atoms. The lowest BCUT2D eigenvalue weighted by molar-refractivity contribution is 0.0130. The summed E-state index contributed by atoms with van der Waals surface area (Å²) in [6.07, 6.45) is 2.70. The summed E-state index contributed by atoms with van der Waals surface area (Å²) in [6, 6.07) is 11.9. The van der Waals surface area contributed by atoms with Crippen LogP contribution >= 0.6 is 0 Å². The molecule has 0 saturated carbocycles. The van der Waals surface area contributed by atoms with Gasteiger partial charge in [0, 0.05) is 12.6 Å². The van der Waals surface area contributed by atoms with E-state index in [9.17, 15) is 4.79 Å². The summed E-state index contributed by atoms with van der Waals surface area (Å²) in [4.78, 5) is 14.3. The molecule has 22 heavy (non-hydrogen) atoms. The normalized spacial score (nSPS) is 20.5. The van der Waals surface area contributed by atoms with Crippen LogP contribution in [-0.4, -0.2) is 23.1 Å². The first kappa shape index (κ1) is 16.1. The van der Waals surface area contributed by atoms with E-state index in [1.807, 2.05) is 51.1 Å². The molecule has 1 saturated heterocycles. The third-order valence-corrected chi connectivity index (χ3v) is 3.59. The van der Waals surface area contributed by atoms with Crippen molar-refractivity contribution in [3.8, 4) is 6.07 Å². The number of likely N-dealkylation sites (tertiary alicyclic amines) is 1. The van der Waals surface area contributed by atoms with E-state index in [4.69, 9.17) is 10.00 Å². The highest BCUT2D eigenvalue weighted by Gasteiger charge is 2.32. The molecule has 1 heterocycles. The monoisotopic (exact) mass is 298 g/mol. The van der Waals surface area contributed by atoms with Gasteiger partial charge in [-0.1, -0.05) is 35.9 Å². The van der Waals surface area contributed by atoms with Crippen molar-refractivity contribution >= 4 is 6.09 Å². The van der Waals surface area contributed by atoms with Gasteiger partial charge in [-0.15, -0.1) is 0 Å². The van der Waals surface area contributed by atoms with E-state index in [0.29, 0.717) is 13.0 Å². The molecular formula is C18H22N2O2. The molecule has 0 aliphatic carbocycles. The van der Waals surface area contributed by atoms with E-state index in [0.717, 1.165) is 17.6 Å². The summed E-state index contributed by atoms with van der Waals surface area (Å²) in [5, 5.41) is 8.87. The van der Waals surface area contributed by atoms with E-state index in [2.05, 4.69) is 6.07 Å². The Balaban J connectivity index is 2.26. The zero-order valence-corrected chi connectivity index (χ0v) is 13.4. The summed E-state index contributed by atoms with van der Waals surface area (Å²) in [5.74, 6) is 0. The lowest BCUT2D eigenvalue weighted by Crippen LogP contribution is -2.42. The highest BCUT2D eigenvalue weighted by atomic mass is 16.6. The number of benzene rings is 1. The van der Waals surface area contributed by atoms with Crippen LogP contribution in [0.3, 0.4) is 0 Å². The molecule has 1 amide bonds. The number of nitriles is 1. The molecule has 116 valence electrons. The lowest BCUT2D eigenvalue weighted by Gasteiger charge is -2.38. The van der Waals surface area contributed by atoms with Gasteiger partial charge >= 0.3 is 6.09 Å². The van der Waals surface area contributed by atoms with Gasteiger partial charge in [-0.25, -0.2) is 4.79 Å². The molecule has 0 aromatic heterocycles. The lowest BCUT2D eigenvalue weighted by atomic mass is 9.91. The molecule has 4 nitrogen and oxygen atoms in total. The average molecular weight is 298 g/mol. The molecule has 2 rings (SSSR count). The zero-order valence-electron chi connectivity index (χ0n) is 13.4. The number of rotatable bonds is 1. The molecule has 0 spiro atoms. The molecule has 1 aliphatic rings. The molecule has 1 fully saturated rings. The Bertz CT molecular complexity index is 594. The minimum absolute atomic E-state index is 0.0793. The van der Waals surface area contributed by atoms with E-state index >= 15 is 0 Å². The smallest absolute Gasteiger partial charge is 0.410 e. The molecular weight excluding hydrogens is 276 g/mol. The Labute approximate surface area is 132 Å². The van der Waals surface area contributed by atoms with Gasteiger partial charge in [-0.2, -0.15) is 5.26 Å². The van der Waals surface area contributed by atoms with Gasteiger partial charge in [0.1, 0.15) is 5.60 Å². The summed E-state index contributed by atoms with van der Waals surface area (Å²) >= 11 is 0. The molecule has 0 radical (unpaired) electrons. The Morgan fingerprint density at radius 1 is 1.36 bits per heavy atom. The Hall–Kier alpha value is -2.28. The van der Waals surface area contributed by atoms with Crippen LogP contribution in [0.2, 0.25) is 0 Å². The third-order valence-electron chi connectivity index (χ3n) is 3.59. The number of carbonyl (C=O) groups is 1. The summed E-state index contributed by atoms with van der Waals surface area (Å²) in [6.45, 7) is 6.18. The maximum atomic E-state index is 12.5. The van der Waals surface area contributed by atoms with Crippen molar-refractivity contribution in [1.82, 2.24) is 4.90 Å². The van der Waals surface area contributed by atoms with Gasteiger partial charge in [-0.3, -0.25) is 0 Å². The molecule has 1 aromatic carbocycles. The maximum Gasteiger partial charge on any atom is 0.410 e. The number of piperidine rings is 1. The minimum Gasteiger partial charge on any atom is -0.444 e. The Morgan fingerprint density at radius 3 is 2.64 bits per heavy atom. The van der Waals surface area contributed by atoms with Gasteiger partial charge in [-0.05, 0) is 39.2 Å². The molecule has 1 unspecified atom stereocenters. The summed E-state index contributed by atoms with van der Waals surface area (Å²) < 4.78 is 5.53. The molecule has 1 atom stereocenters. The van der Waals surface area contributed by atoms with Crippen LogP contribution in [-0.2, 0) is 4.74 Å². The number of hydrogen-bond acceptors (Lipinski definition) is 3. The highest BCUT2D eigenvalue weighted by molar-refractivity contribution is 5.69. The van der Waals surface area contributed by atoms with Gasteiger partial charge in [0.25, 0.3) is 0 Å². The number of nitrogens with zero attached hydrogens (tertiary/aromatic N) is 2. The van der Waals surface area contributed by atoms with Crippen LogP contribution in [0.25, 0.3) is 0 Å². The van der Waals surface area contributed by atoms with Crippen molar-refractivity contribution in [3.63, 3.8) is 0 Å². The third kappa shape index (κ3) is 4.11. The maximum absolute atomic E-state index is 12.5. The van der Waals surface area contributed by atoms with Crippen LogP contribution in [0.4, 0.5) is 4.79 Å². The number of amides is 1. The zero-order chi connectivity index (χ0) is 16.2. The van der Waals surface area contributed by atoms with Gasteiger partial charge in [0.15, 0.2) is 0 Å². The molecule has 0 N–H and O–H groups in total. The average Bonchev–Trinajstić information content (AvgIpc) is 2.46. The summed E-state index contributed by atoms with van der Waals surface area (Å²) in [7, 11) is 0. The number of carbonyl (C=O) groups excluding carboxylic acids is 1. The second-order valence-corrected chi connectivity index (χ2v) is 6.49. The van der Waals surface area contributed by atoms with Gasteiger partial charge in [0.2, 0.25) is 0 Å². The Kier molecular flexibility index (Phi) is 4.87. The molecule has 1 aliphatic heterocycles. The molecule has 4 heteroatoms. The van der Waals surface area contributed by atoms with Crippen LogP contribution in [0.5, 0.6) is 0 Å². The van der Waals surface area contributed by atoms with Crippen molar-refractivity contribution < 1.29 is 9.53 Å². The van der Waals surface area contributed by atoms with Crippen LogP contribution in [0.15, 0.2) is 42.0 Å². The predicted octanol–water partition coefficient (Wildman–Crippen LogP) is 4.21. The van der Waals surface area contributed by atoms with Crippen molar-refractivity contribution in [2.45, 2.75) is 45.3 Å². The van der Waals surface area contributed by atoms with Crippen molar-refractivity contribution in [1.29, 1.82) is 5.26 Å². The van der Waals surface area contributed by atoms with Crippen LogP contribution in [0, 0.1) is 11.3 Å². The fourth-order valence-electron chi connectivity index (χ4n) is 2.61. The SMILES string of the molecule is CC(C)(C)OC(=O)N1CC/C(=C\C#N)CC1c1ccccc1. The second-order valence-electron chi connectivity index (χ2n) is 6.49. The van der Waals surface area contributed by atoms with Crippen LogP contribution < -0.4 is 0 Å². The first-order valence-corrected chi connectivity index (χ1v) is 7.53. The van der Waals surface area contributed by atoms with Crippen molar-refractivity contribution in [2.24, 2.45) is 0 Å². The van der Waals surface area contributed by atoms with Crippen molar-refractivity contribution in [2.75, 3.05) is 6.54 Å². The van der Waals surface area contributed by atoms with Gasteiger partial charge < -0.3 is 9.64 Å². The number of ether oxygens (including phenoxy) is 1. The van der Waals surface area contributed by atoms with Gasteiger partial charge in [0.05, 0.1) is 12.1 Å².